The van der Waals surface area contributed by atoms with Crippen molar-refractivity contribution in [2.24, 2.45) is 0 Å². The summed E-state index contributed by atoms with van der Waals surface area (Å²) in [6, 6.07) is 12.1. The van der Waals surface area contributed by atoms with Gasteiger partial charge >= 0.3 is 10.4 Å². The summed E-state index contributed by atoms with van der Waals surface area (Å²) in [7, 11) is -13.9. The van der Waals surface area contributed by atoms with Crippen LogP contribution in [0, 0.1) is 0 Å². The van der Waals surface area contributed by atoms with E-state index < -0.39 is 59.0 Å². The number of rotatable bonds is 8. The lowest BCUT2D eigenvalue weighted by atomic mass is 9.98. The van der Waals surface area contributed by atoms with Gasteiger partial charge in [-0.25, -0.2) is 12.6 Å². The zero-order valence-electron chi connectivity index (χ0n) is 19.1. The molecule has 16 heteroatoms. The standard InChI is InChI=1S/C22H20N2O11S3/c23-20-17(37(29,30)31)11-16(18-19(20)22(26)15-7-2-1-6-14(15)21(18)25)24-12-4-3-5-13(10-12)36(27,28)9-8-35-38(32,33)34/h1-7,10-11,24-26H,8-9,23H2,(H,29,30,31)(H,32,33,34). The van der Waals surface area contributed by atoms with Crippen molar-refractivity contribution in [2.75, 3.05) is 23.4 Å². The molecule has 202 valence electrons. The van der Waals surface area contributed by atoms with Gasteiger partial charge in [0.2, 0.25) is 0 Å². The molecule has 0 fully saturated rings. The van der Waals surface area contributed by atoms with Crippen molar-refractivity contribution < 1.29 is 48.8 Å². The summed E-state index contributed by atoms with van der Waals surface area (Å²) in [6.07, 6.45) is 0. The molecule has 0 spiro atoms. The maximum Gasteiger partial charge on any atom is 0.397 e. The molecule has 4 rings (SSSR count). The minimum absolute atomic E-state index is 0.0705. The van der Waals surface area contributed by atoms with Crippen molar-refractivity contribution in [3.8, 4) is 11.5 Å². The van der Waals surface area contributed by atoms with Gasteiger partial charge in [0, 0.05) is 16.5 Å². The number of sulfone groups is 1. The Labute approximate surface area is 216 Å². The van der Waals surface area contributed by atoms with Gasteiger partial charge < -0.3 is 21.3 Å². The van der Waals surface area contributed by atoms with Crippen LogP contribution in [0.1, 0.15) is 0 Å². The summed E-state index contributed by atoms with van der Waals surface area (Å²) in [4.78, 5) is -1.06. The molecule has 0 saturated carbocycles. The predicted octanol–water partition coefficient (Wildman–Crippen LogP) is 2.57. The number of aromatic hydroxyl groups is 2. The molecule has 0 aliphatic rings. The third kappa shape index (κ3) is 5.31. The van der Waals surface area contributed by atoms with Crippen molar-refractivity contribution in [3.05, 3.63) is 54.6 Å². The fraction of sp³-hybridized carbons (Fsp3) is 0.0909. The number of hydrogen-bond acceptors (Lipinski definition) is 11. The van der Waals surface area contributed by atoms with Crippen molar-refractivity contribution >= 4 is 69.0 Å². The van der Waals surface area contributed by atoms with E-state index in [9.17, 15) is 40.0 Å². The monoisotopic (exact) mass is 584 g/mol. The first-order chi connectivity index (χ1) is 17.6. The third-order valence-corrected chi connectivity index (χ3v) is 8.61. The van der Waals surface area contributed by atoms with E-state index in [1.807, 2.05) is 0 Å². The zero-order valence-corrected chi connectivity index (χ0v) is 21.5. The topological polar surface area (TPSA) is 231 Å². The molecule has 13 nitrogen and oxygen atoms in total. The SMILES string of the molecule is Nc1c(S(=O)(=O)O)cc(Nc2cccc(S(=O)(=O)CCOS(=O)(=O)O)c2)c2c(O)c3ccccc3c(O)c12. The summed E-state index contributed by atoms with van der Waals surface area (Å²) in [6.45, 7) is -0.848. The van der Waals surface area contributed by atoms with Crippen LogP contribution in [0.4, 0.5) is 17.1 Å². The minimum Gasteiger partial charge on any atom is -0.507 e. The molecule has 0 saturated heterocycles. The fourth-order valence-electron chi connectivity index (χ4n) is 3.93. The molecule has 0 amide bonds. The lowest BCUT2D eigenvalue weighted by Crippen LogP contribution is -2.15. The van der Waals surface area contributed by atoms with Crippen LogP contribution in [0.15, 0.2) is 64.4 Å². The highest BCUT2D eigenvalue weighted by Crippen LogP contribution is 2.49. The van der Waals surface area contributed by atoms with Gasteiger partial charge in [0.05, 0.1) is 39.4 Å². The Kier molecular flexibility index (Phi) is 6.89. The molecular weight excluding hydrogens is 564 g/mol. The molecule has 0 bridgehead atoms. The normalized spacial score (nSPS) is 12.7. The van der Waals surface area contributed by atoms with E-state index in [4.69, 9.17) is 10.3 Å². The highest BCUT2D eigenvalue weighted by Gasteiger charge is 2.25. The summed E-state index contributed by atoms with van der Waals surface area (Å²) in [5, 5.41) is 24.8. The van der Waals surface area contributed by atoms with Crippen molar-refractivity contribution in [2.45, 2.75) is 9.79 Å². The number of benzene rings is 4. The zero-order chi connectivity index (χ0) is 28.0. The molecule has 0 aliphatic carbocycles. The maximum atomic E-state index is 12.6. The van der Waals surface area contributed by atoms with Crippen LogP contribution in [0.2, 0.25) is 0 Å². The highest BCUT2D eigenvalue weighted by atomic mass is 32.3. The quantitative estimate of drug-likeness (QED) is 0.0757. The molecule has 0 aromatic heterocycles. The number of hydrogen-bond donors (Lipinski definition) is 6. The Morgan fingerprint density at radius 1 is 0.816 bits per heavy atom. The van der Waals surface area contributed by atoms with E-state index in [0.717, 1.165) is 12.1 Å². The summed E-state index contributed by atoms with van der Waals surface area (Å²) in [5.74, 6) is -1.64. The smallest absolute Gasteiger partial charge is 0.397 e. The summed E-state index contributed by atoms with van der Waals surface area (Å²) < 4.78 is 93.2. The first kappa shape index (κ1) is 27.4. The van der Waals surface area contributed by atoms with Gasteiger partial charge in [0.15, 0.2) is 9.84 Å². The Hall–Kier alpha value is -3.67. The van der Waals surface area contributed by atoms with Gasteiger partial charge in [0.25, 0.3) is 10.1 Å². The van der Waals surface area contributed by atoms with Crippen LogP contribution in [0.3, 0.4) is 0 Å². The molecule has 0 heterocycles. The average Bonchev–Trinajstić information content (AvgIpc) is 2.82. The van der Waals surface area contributed by atoms with Crippen molar-refractivity contribution in [1.82, 2.24) is 0 Å². The van der Waals surface area contributed by atoms with Crippen LogP contribution in [-0.4, -0.2) is 56.9 Å². The molecule has 4 aromatic carbocycles. The second-order valence-corrected chi connectivity index (χ2v) is 12.6. The van der Waals surface area contributed by atoms with Crippen LogP contribution in [-0.2, 0) is 34.5 Å². The third-order valence-electron chi connectivity index (χ3n) is 5.57. The molecule has 4 aromatic rings. The molecule has 0 aliphatic heterocycles. The lowest BCUT2D eigenvalue weighted by Gasteiger charge is -2.18. The second-order valence-electron chi connectivity index (χ2n) is 8.03. The van der Waals surface area contributed by atoms with E-state index in [1.165, 1.54) is 30.3 Å². The number of phenolic OH excluding ortho intramolecular Hbond substituents is 2. The van der Waals surface area contributed by atoms with Gasteiger partial charge in [-0.15, -0.1) is 0 Å². The largest absolute Gasteiger partial charge is 0.507 e. The number of anilines is 3. The second kappa shape index (κ2) is 9.57. The molecule has 0 radical (unpaired) electrons. The summed E-state index contributed by atoms with van der Waals surface area (Å²) >= 11 is 0. The molecule has 0 atom stereocenters. The van der Waals surface area contributed by atoms with Gasteiger partial charge in [-0.3, -0.25) is 9.11 Å². The average molecular weight is 585 g/mol. The van der Waals surface area contributed by atoms with E-state index in [-0.39, 0.29) is 43.6 Å². The number of nitrogen functional groups attached to an aromatic ring is 1. The lowest BCUT2D eigenvalue weighted by molar-refractivity contribution is 0.284. The van der Waals surface area contributed by atoms with E-state index in [2.05, 4.69) is 9.50 Å². The Bertz CT molecular complexity index is 1920. The Morgan fingerprint density at radius 2 is 1.42 bits per heavy atom. The highest BCUT2D eigenvalue weighted by molar-refractivity contribution is 7.91. The van der Waals surface area contributed by atoms with Gasteiger partial charge in [0.1, 0.15) is 16.4 Å². The van der Waals surface area contributed by atoms with Gasteiger partial charge in [-0.05, 0) is 24.3 Å². The Balaban J connectivity index is 1.89. The van der Waals surface area contributed by atoms with Crippen LogP contribution in [0.25, 0.3) is 21.5 Å². The number of phenols is 2. The predicted molar refractivity (Wildman–Crippen MR) is 138 cm³/mol. The van der Waals surface area contributed by atoms with Crippen LogP contribution in [0.5, 0.6) is 11.5 Å². The molecule has 0 unspecified atom stereocenters. The number of nitrogens with two attached hydrogens (primary N) is 1. The van der Waals surface area contributed by atoms with Crippen molar-refractivity contribution in [3.63, 3.8) is 0 Å². The first-order valence-electron chi connectivity index (χ1n) is 10.5. The Morgan fingerprint density at radius 3 is 2.00 bits per heavy atom. The fourth-order valence-corrected chi connectivity index (χ4v) is 6.11. The molecular formula is C22H20N2O11S3. The van der Waals surface area contributed by atoms with E-state index in [0.29, 0.717) is 0 Å². The van der Waals surface area contributed by atoms with Crippen LogP contribution < -0.4 is 11.1 Å². The first-order valence-corrected chi connectivity index (χ1v) is 14.9. The number of nitrogens with one attached hydrogen (secondary N) is 1. The maximum absolute atomic E-state index is 12.6. The minimum atomic E-state index is -4.91. The van der Waals surface area contributed by atoms with Crippen molar-refractivity contribution in [1.29, 1.82) is 0 Å². The summed E-state index contributed by atoms with van der Waals surface area (Å²) in [5.41, 5.74) is 5.39. The van der Waals surface area contributed by atoms with Gasteiger partial charge in [-0.1, -0.05) is 30.3 Å². The molecule has 38 heavy (non-hydrogen) atoms. The van der Waals surface area contributed by atoms with E-state index in [1.54, 1.807) is 12.1 Å². The number of fused-ring (bicyclic) bond motifs is 2. The molecule has 7 N–H and O–H groups in total. The van der Waals surface area contributed by atoms with E-state index >= 15 is 0 Å². The van der Waals surface area contributed by atoms with Crippen LogP contribution >= 0.6 is 0 Å². The van der Waals surface area contributed by atoms with Gasteiger partial charge in [-0.2, -0.15) is 16.8 Å².